The van der Waals surface area contributed by atoms with Crippen molar-refractivity contribution < 1.29 is 19.1 Å². The number of hydrogen-bond donors (Lipinski definition) is 1. The number of hydrogen-bond acceptors (Lipinski definition) is 5. The highest BCUT2D eigenvalue weighted by Gasteiger charge is 2.18. The molecule has 5 heteroatoms. The first-order chi connectivity index (χ1) is 9.78. The highest BCUT2D eigenvalue weighted by molar-refractivity contribution is 5.67. The lowest BCUT2D eigenvalue weighted by molar-refractivity contribution is -0.108. The molecule has 1 aromatic carbocycles. The molecular formula is C15H19NO4. The van der Waals surface area contributed by atoms with Crippen LogP contribution in [0, 0.1) is 0 Å². The molecule has 0 amide bonds. The third kappa shape index (κ3) is 3.30. The van der Waals surface area contributed by atoms with Crippen molar-refractivity contribution >= 4 is 12.0 Å². The van der Waals surface area contributed by atoms with Gasteiger partial charge in [0, 0.05) is 12.0 Å². The van der Waals surface area contributed by atoms with Crippen LogP contribution in [0.1, 0.15) is 24.8 Å². The van der Waals surface area contributed by atoms with E-state index in [-0.39, 0.29) is 6.10 Å². The molecule has 1 aliphatic heterocycles. The van der Waals surface area contributed by atoms with E-state index in [2.05, 4.69) is 5.48 Å². The van der Waals surface area contributed by atoms with Crippen LogP contribution in [-0.2, 0) is 9.63 Å². The Labute approximate surface area is 118 Å². The van der Waals surface area contributed by atoms with Crippen molar-refractivity contribution in [2.45, 2.75) is 25.4 Å². The highest BCUT2D eigenvalue weighted by Crippen LogP contribution is 2.31. The summed E-state index contributed by atoms with van der Waals surface area (Å²) < 4.78 is 10.5. The number of carbonyl (C=O) groups is 1. The van der Waals surface area contributed by atoms with E-state index in [1.54, 1.807) is 14.2 Å². The van der Waals surface area contributed by atoms with E-state index in [4.69, 9.17) is 14.3 Å². The van der Waals surface area contributed by atoms with Crippen molar-refractivity contribution in [1.29, 1.82) is 0 Å². The Kier molecular flexibility index (Phi) is 5.01. The first kappa shape index (κ1) is 14.4. The number of benzene rings is 1. The summed E-state index contributed by atoms with van der Waals surface area (Å²) in [7, 11) is 3.22. The maximum absolute atomic E-state index is 10.3. The highest BCUT2D eigenvalue weighted by atomic mass is 16.7. The SMILES string of the molecule is COc1ccc(C2=CC(CCCC=O)ON2)cc1OC. The fraction of sp³-hybridized carbons (Fsp3) is 0.400. The fourth-order valence-corrected chi connectivity index (χ4v) is 2.10. The van der Waals surface area contributed by atoms with Crippen LogP contribution in [0.25, 0.3) is 5.70 Å². The predicted molar refractivity (Wildman–Crippen MR) is 75.4 cm³/mol. The second-order valence-corrected chi connectivity index (χ2v) is 4.51. The third-order valence-corrected chi connectivity index (χ3v) is 3.18. The lowest BCUT2D eigenvalue weighted by atomic mass is 10.1. The zero-order valence-corrected chi connectivity index (χ0v) is 11.7. The number of hydroxylamine groups is 1. The Morgan fingerprint density at radius 3 is 2.80 bits per heavy atom. The Bertz CT molecular complexity index is 499. The van der Waals surface area contributed by atoms with Crippen LogP contribution in [0.15, 0.2) is 24.3 Å². The Morgan fingerprint density at radius 2 is 2.10 bits per heavy atom. The molecule has 1 N–H and O–H groups in total. The molecule has 0 bridgehead atoms. The zero-order chi connectivity index (χ0) is 14.4. The van der Waals surface area contributed by atoms with Crippen molar-refractivity contribution in [1.82, 2.24) is 5.48 Å². The zero-order valence-electron chi connectivity index (χ0n) is 11.7. The van der Waals surface area contributed by atoms with Crippen LogP contribution >= 0.6 is 0 Å². The summed E-state index contributed by atoms with van der Waals surface area (Å²) >= 11 is 0. The number of aldehydes is 1. The maximum Gasteiger partial charge on any atom is 0.161 e. The minimum Gasteiger partial charge on any atom is -0.493 e. The average molecular weight is 277 g/mol. The average Bonchev–Trinajstić information content (AvgIpc) is 2.95. The van der Waals surface area contributed by atoms with E-state index < -0.39 is 0 Å². The van der Waals surface area contributed by atoms with Gasteiger partial charge in [-0.05, 0) is 37.1 Å². The number of unbranched alkanes of at least 4 members (excludes halogenated alkanes) is 1. The van der Waals surface area contributed by atoms with Gasteiger partial charge in [-0.15, -0.1) is 0 Å². The lowest BCUT2D eigenvalue weighted by Crippen LogP contribution is -2.12. The number of nitrogens with one attached hydrogen (secondary N) is 1. The van der Waals surface area contributed by atoms with Gasteiger partial charge in [-0.3, -0.25) is 10.3 Å². The largest absolute Gasteiger partial charge is 0.493 e. The monoisotopic (exact) mass is 277 g/mol. The van der Waals surface area contributed by atoms with Gasteiger partial charge in [0.2, 0.25) is 0 Å². The number of methoxy groups -OCH3 is 2. The van der Waals surface area contributed by atoms with Gasteiger partial charge in [-0.2, -0.15) is 0 Å². The molecule has 1 aliphatic rings. The summed E-state index contributed by atoms with van der Waals surface area (Å²) in [5.74, 6) is 1.37. The molecule has 5 nitrogen and oxygen atoms in total. The molecule has 0 saturated carbocycles. The molecule has 0 spiro atoms. The molecule has 1 heterocycles. The molecule has 20 heavy (non-hydrogen) atoms. The van der Waals surface area contributed by atoms with Crippen LogP contribution in [0.3, 0.4) is 0 Å². The normalized spacial score (nSPS) is 17.3. The Morgan fingerprint density at radius 1 is 1.30 bits per heavy atom. The second kappa shape index (κ2) is 6.96. The van der Waals surface area contributed by atoms with Crippen molar-refractivity contribution in [2.75, 3.05) is 14.2 Å². The van der Waals surface area contributed by atoms with E-state index in [0.717, 1.165) is 30.4 Å². The van der Waals surface area contributed by atoms with Crippen LogP contribution < -0.4 is 15.0 Å². The summed E-state index contributed by atoms with van der Waals surface area (Å²) in [5.41, 5.74) is 4.79. The number of ether oxygens (including phenoxy) is 2. The Hall–Kier alpha value is -2.01. The molecule has 1 aromatic rings. The van der Waals surface area contributed by atoms with Crippen molar-refractivity contribution in [3.05, 3.63) is 29.8 Å². The van der Waals surface area contributed by atoms with Gasteiger partial charge >= 0.3 is 0 Å². The molecule has 0 aromatic heterocycles. The molecule has 108 valence electrons. The topological polar surface area (TPSA) is 56.8 Å². The van der Waals surface area contributed by atoms with Gasteiger partial charge < -0.3 is 14.3 Å². The van der Waals surface area contributed by atoms with Crippen molar-refractivity contribution in [3.63, 3.8) is 0 Å². The van der Waals surface area contributed by atoms with Gasteiger partial charge in [-0.1, -0.05) is 0 Å². The van der Waals surface area contributed by atoms with Crippen molar-refractivity contribution in [3.8, 4) is 11.5 Å². The van der Waals surface area contributed by atoms with Crippen LogP contribution in [-0.4, -0.2) is 26.6 Å². The first-order valence-electron chi connectivity index (χ1n) is 6.58. The summed E-state index contributed by atoms with van der Waals surface area (Å²) in [6.07, 6.45) is 5.17. The molecule has 0 fully saturated rings. The first-order valence-corrected chi connectivity index (χ1v) is 6.58. The summed E-state index contributed by atoms with van der Waals surface area (Å²) in [4.78, 5) is 15.8. The quantitative estimate of drug-likeness (QED) is 0.612. The van der Waals surface area contributed by atoms with Gasteiger partial charge in [0.25, 0.3) is 0 Å². The van der Waals surface area contributed by atoms with Crippen LogP contribution in [0.2, 0.25) is 0 Å². The smallest absolute Gasteiger partial charge is 0.161 e. The summed E-state index contributed by atoms with van der Waals surface area (Å²) in [5, 5.41) is 0. The summed E-state index contributed by atoms with van der Waals surface area (Å²) in [6, 6.07) is 5.70. The number of carbonyl (C=O) groups excluding carboxylic acids is 1. The third-order valence-electron chi connectivity index (χ3n) is 3.18. The van der Waals surface area contributed by atoms with E-state index in [0.29, 0.717) is 17.9 Å². The van der Waals surface area contributed by atoms with E-state index in [1.165, 1.54) is 0 Å². The molecule has 0 saturated heterocycles. The lowest BCUT2D eigenvalue weighted by Gasteiger charge is -2.10. The van der Waals surface area contributed by atoms with Crippen LogP contribution in [0.5, 0.6) is 11.5 Å². The molecule has 2 rings (SSSR count). The minimum absolute atomic E-state index is 0.00181. The molecular weight excluding hydrogens is 258 g/mol. The number of rotatable bonds is 7. The Balaban J connectivity index is 2.08. The molecule has 0 aliphatic carbocycles. The summed E-state index contributed by atoms with van der Waals surface area (Å²) in [6.45, 7) is 0. The molecule has 0 radical (unpaired) electrons. The van der Waals surface area contributed by atoms with Crippen LogP contribution in [0.4, 0.5) is 0 Å². The minimum atomic E-state index is -0.00181. The molecule has 1 atom stereocenters. The second-order valence-electron chi connectivity index (χ2n) is 4.51. The molecule has 1 unspecified atom stereocenters. The van der Waals surface area contributed by atoms with Gasteiger partial charge in [-0.25, -0.2) is 0 Å². The van der Waals surface area contributed by atoms with E-state index in [1.807, 2.05) is 24.3 Å². The van der Waals surface area contributed by atoms with Gasteiger partial charge in [0.05, 0.1) is 19.9 Å². The standard InChI is InChI=1S/C15H19NO4/c1-18-14-7-6-11(9-15(14)19-2)13-10-12(20-16-13)5-3-4-8-17/h6-10,12,16H,3-5H2,1-2H3. The van der Waals surface area contributed by atoms with E-state index in [9.17, 15) is 4.79 Å². The van der Waals surface area contributed by atoms with E-state index >= 15 is 0 Å². The fourth-order valence-electron chi connectivity index (χ4n) is 2.10. The van der Waals surface area contributed by atoms with Gasteiger partial charge in [0.1, 0.15) is 12.4 Å². The maximum atomic E-state index is 10.3. The predicted octanol–water partition coefficient (Wildman–Crippen LogP) is 2.32. The van der Waals surface area contributed by atoms with Crippen molar-refractivity contribution in [2.24, 2.45) is 0 Å². The van der Waals surface area contributed by atoms with Gasteiger partial charge in [0.15, 0.2) is 11.5 Å².